The maximum atomic E-state index is 13.3. The normalized spacial score (nSPS) is 19.4. The van der Waals surface area contributed by atoms with Crippen LogP contribution in [0.3, 0.4) is 0 Å². The van der Waals surface area contributed by atoms with Crippen LogP contribution in [0.5, 0.6) is 5.75 Å². The Kier molecular flexibility index (Phi) is 5.66. The van der Waals surface area contributed by atoms with Crippen LogP contribution in [0.2, 0.25) is 10.0 Å². The van der Waals surface area contributed by atoms with Gasteiger partial charge in [0.1, 0.15) is 5.75 Å². The number of carbonyl (C=O) groups excluding carboxylic acids is 2. The maximum Gasteiger partial charge on any atom is 0.232 e. The Labute approximate surface area is 180 Å². The van der Waals surface area contributed by atoms with Crippen molar-refractivity contribution in [3.63, 3.8) is 0 Å². The van der Waals surface area contributed by atoms with Crippen molar-refractivity contribution in [3.05, 3.63) is 69.3 Å². The number of rotatable bonds is 4. The molecule has 1 heterocycles. The van der Waals surface area contributed by atoms with E-state index in [1.807, 2.05) is 37.3 Å². The molecule has 2 aromatic carbocycles. The van der Waals surface area contributed by atoms with Gasteiger partial charge >= 0.3 is 0 Å². The van der Waals surface area contributed by atoms with Crippen molar-refractivity contribution in [2.75, 3.05) is 11.5 Å². The quantitative estimate of drug-likeness (QED) is 0.605. The first-order valence-corrected chi connectivity index (χ1v) is 10.5. The van der Waals surface area contributed by atoms with Crippen molar-refractivity contribution >= 4 is 40.6 Å². The number of hydrogen-bond acceptors (Lipinski definition) is 3. The monoisotopic (exact) mass is 429 g/mol. The van der Waals surface area contributed by atoms with Crippen molar-refractivity contribution in [1.29, 1.82) is 0 Å². The number of hydrogen-bond donors (Lipinski definition) is 0. The highest BCUT2D eigenvalue weighted by atomic mass is 35.5. The van der Waals surface area contributed by atoms with Crippen LogP contribution < -0.4 is 9.64 Å². The Bertz CT molecular complexity index is 1010. The van der Waals surface area contributed by atoms with Gasteiger partial charge < -0.3 is 4.74 Å². The van der Waals surface area contributed by atoms with E-state index in [2.05, 4.69) is 0 Å². The number of anilines is 1. The number of carbonyl (C=O) groups is 2. The molecule has 29 heavy (non-hydrogen) atoms. The van der Waals surface area contributed by atoms with E-state index in [4.69, 9.17) is 27.9 Å². The zero-order chi connectivity index (χ0) is 20.5. The van der Waals surface area contributed by atoms with Gasteiger partial charge in [0.25, 0.3) is 0 Å². The van der Waals surface area contributed by atoms with Gasteiger partial charge in [-0.05, 0) is 49.6 Å². The standard InChI is InChI=1S/C23H21Cl2NO3/c1-2-29-21-9-4-3-6-18(21)26-19-7-5-8-20(27)23(19)16(13-22(26)28)15-11-10-14(24)12-17(15)25/h3-4,6,9-12,16H,2,5,7-8,13H2,1H3. The fourth-order valence-corrected chi connectivity index (χ4v) is 4.78. The lowest BCUT2D eigenvalue weighted by Crippen LogP contribution is -2.40. The number of benzene rings is 2. The molecule has 150 valence electrons. The third-order valence-electron chi connectivity index (χ3n) is 5.42. The van der Waals surface area contributed by atoms with Gasteiger partial charge in [0.15, 0.2) is 5.78 Å². The minimum absolute atomic E-state index is 0.0679. The SMILES string of the molecule is CCOc1ccccc1N1C(=O)CC(c2ccc(Cl)cc2Cl)C2=C1CCCC2=O. The van der Waals surface area contributed by atoms with Gasteiger partial charge in [0.2, 0.25) is 5.91 Å². The Morgan fingerprint density at radius 1 is 1.10 bits per heavy atom. The summed E-state index contributed by atoms with van der Waals surface area (Å²) >= 11 is 12.5. The van der Waals surface area contributed by atoms with Crippen molar-refractivity contribution in [1.82, 2.24) is 0 Å². The highest BCUT2D eigenvalue weighted by Gasteiger charge is 2.41. The molecular formula is C23H21Cl2NO3. The molecule has 0 bridgehead atoms. The van der Waals surface area contributed by atoms with Crippen LogP contribution in [0.1, 0.15) is 44.1 Å². The average Bonchev–Trinajstić information content (AvgIpc) is 2.69. The molecule has 1 atom stereocenters. The van der Waals surface area contributed by atoms with Gasteiger partial charge in [-0.15, -0.1) is 0 Å². The molecule has 6 heteroatoms. The minimum Gasteiger partial charge on any atom is -0.492 e. The van der Waals surface area contributed by atoms with Crippen LogP contribution in [-0.2, 0) is 9.59 Å². The second-order valence-electron chi connectivity index (χ2n) is 7.19. The molecular weight excluding hydrogens is 409 g/mol. The van der Waals surface area contributed by atoms with Gasteiger partial charge in [-0.3, -0.25) is 14.5 Å². The summed E-state index contributed by atoms with van der Waals surface area (Å²) in [5.74, 6) is 0.289. The second kappa shape index (κ2) is 8.21. The first-order chi connectivity index (χ1) is 14.0. The molecule has 0 saturated heterocycles. The van der Waals surface area contributed by atoms with Gasteiger partial charge in [-0.2, -0.15) is 0 Å². The van der Waals surface area contributed by atoms with Crippen LogP contribution in [0.4, 0.5) is 5.69 Å². The predicted octanol–water partition coefficient (Wildman–Crippen LogP) is 5.92. The van der Waals surface area contributed by atoms with Crippen LogP contribution >= 0.6 is 23.2 Å². The molecule has 4 rings (SSSR count). The van der Waals surface area contributed by atoms with Crippen LogP contribution in [0.25, 0.3) is 0 Å². The van der Waals surface area contributed by atoms with E-state index in [-0.39, 0.29) is 24.0 Å². The number of allylic oxidation sites excluding steroid dienone is 2. The summed E-state index contributed by atoms with van der Waals surface area (Å²) in [7, 11) is 0. The molecule has 1 aliphatic heterocycles. The van der Waals surface area contributed by atoms with E-state index in [1.54, 1.807) is 17.0 Å². The van der Waals surface area contributed by atoms with Gasteiger partial charge in [0, 0.05) is 40.1 Å². The van der Waals surface area contributed by atoms with Crippen LogP contribution in [0.15, 0.2) is 53.7 Å². The Balaban J connectivity index is 1.88. The molecule has 0 saturated carbocycles. The van der Waals surface area contributed by atoms with E-state index in [1.165, 1.54) is 0 Å². The van der Waals surface area contributed by atoms with Crippen molar-refractivity contribution in [2.24, 2.45) is 0 Å². The molecule has 4 nitrogen and oxygen atoms in total. The Hall–Kier alpha value is -2.30. The van der Waals surface area contributed by atoms with E-state index in [9.17, 15) is 9.59 Å². The molecule has 0 radical (unpaired) electrons. The molecule has 0 spiro atoms. The third kappa shape index (κ3) is 3.67. The predicted molar refractivity (Wildman–Crippen MR) is 115 cm³/mol. The summed E-state index contributed by atoms with van der Waals surface area (Å²) in [5.41, 5.74) is 2.90. The Morgan fingerprint density at radius 2 is 1.90 bits per heavy atom. The largest absolute Gasteiger partial charge is 0.492 e. The van der Waals surface area contributed by atoms with Crippen LogP contribution in [-0.4, -0.2) is 18.3 Å². The summed E-state index contributed by atoms with van der Waals surface area (Å²) in [4.78, 5) is 28.0. The van der Waals surface area contributed by atoms with Gasteiger partial charge in [-0.1, -0.05) is 41.4 Å². The number of ether oxygens (including phenoxy) is 1. The van der Waals surface area contributed by atoms with E-state index >= 15 is 0 Å². The average molecular weight is 430 g/mol. The van der Waals surface area contributed by atoms with E-state index < -0.39 is 0 Å². The summed E-state index contributed by atoms with van der Waals surface area (Å²) in [6, 6.07) is 12.7. The smallest absolute Gasteiger partial charge is 0.232 e. The number of Topliss-reactive ketones (excluding diaryl/α,β-unsaturated/α-hetero) is 1. The lowest BCUT2D eigenvalue weighted by Gasteiger charge is -2.39. The maximum absolute atomic E-state index is 13.3. The molecule has 1 amide bonds. The summed E-state index contributed by atoms with van der Waals surface area (Å²) in [6.07, 6.45) is 2.04. The molecule has 2 aliphatic rings. The number of ketones is 1. The lowest BCUT2D eigenvalue weighted by atomic mass is 9.77. The van der Waals surface area contributed by atoms with Crippen molar-refractivity contribution in [3.8, 4) is 5.75 Å². The lowest BCUT2D eigenvalue weighted by molar-refractivity contribution is -0.120. The number of halogens is 2. The summed E-state index contributed by atoms with van der Waals surface area (Å²) in [6.45, 7) is 2.40. The van der Waals surface area contributed by atoms with Crippen molar-refractivity contribution < 1.29 is 14.3 Å². The number of amides is 1. The van der Waals surface area contributed by atoms with Gasteiger partial charge in [-0.25, -0.2) is 0 Å². The molecule has 0 N–H and O–H groups in total. The Morgan fingerprint density at radius 3 is 2.66 bits per heavy atom. The third-order valence-corrected chi connectivity index (χ3v) is 5.98. The van der Waals surface area contributed by atoms with E-state index in [0.717, 1.165) is 17.7 Å². The zero-order valence-corrected chi connectivity index (χ0v) is 17.6. The van der Waals surface area contributed by atoms with Crippen LogP contribution in [0, 0.1) is 0 Å². The second-order valence-corrected chi connectivity index (χ2v) is 8.03. The van der Waals surface area contributed by atoms with Crippen molar-refractivity contribution in [2.45, 2.75) is 38.5 Å². The summed E-state index contributed by atoms with van der Waals surface area (Å²) in [5, 5.41) is 1.00. The molecule has 0 aromatic heterocycles. The number of nitrogens with zero attached hydrogens (tertiary/aromatic N) is 1. The number of para-hydroxylation sites is 2. The van der Waals surface area contributed by atoms with E-state index in [0.29, 0.717) is 46.5 Å². The highest BCUT2D eigenvalue weighted by molar-refractivity contribution is 6.35. The fourth-order valence-electron chi connectivity index (χ4n) is 4.24. The zero-order valence-electron chi connectivity index (χ0n) is 16.1. The minimum atomic E-state index is -0.356. The molecule has 1 unspecified atom stereocenters. The van der Waals surface area contributed by atoms with Gasteiger partial charge in [0.05, 0.1) is 12.3 Å². The fraction of sp³-hybridized carbons (Fsp3) is 0.304. The highest BCUT2D eigenvalue weighted by Crippen LogP contribution is 2.46. The molecule has 0 fully saturated rings. The first-order valence-electron chi connectivity index (χ1n) is 9.77. The molecule has 2 aromatic rings. The molecule has 1 aliphatic carbocycles. The summed E-state index contributed by atoms with van der Waals surface area (Å²) < 4.78 is 5.75. The first kappa shape index (κ1) is 20.0. The topological polar surface area (TPSA) is 46.6 Å².